The second-order valence-electron chi connectivity index (χ2n) is 6.60. The fraction of sp³-hybridized carbons (Fsp3) is 0.200. The van der Waals surface area contributed by atoms with Crippen molar-refractivity contribution in [2.45, 2.75) is 18.9 Å². The summed E-state index contributed by atoms with van der Waals surface area (Å²) in [6.07, 6.45) is 9.05. The average Bonchev–Trinajstić information content (AvgIpc) is 3.12. The summed E-state index contributed by atoms with van der Waals surface area (Å²) >= 11 is 5.57. The van der Waals surface area contributed by atoms with Gasteiger partial charge in [-0.15, -0.1) is 0 Å². The first kappa shape index (κ1) is 18.1. The molecular weight excluding hydrogens is 374 g/mol. The van der Waals surface area contributed by atoms with Crippen LogP contribution in [0.15, 0.2) is 65.3 Å². The molecule has 0 saturated heterocycles. The monoisotopic (exact) mass is 393 g/mol. The van der Waals surface area contributed by atoms with Crippen molar-refractivity contribution >= 4 is 34.8 Å². The molecule has 1 aliphatic rings. The molecule has 28 heavy (non-hydrogen) atoms. The van der Waals surface area contributed by atoms with Gasteiger partial charge in [0.2, 0.25) is 0 Å². The number of anilines is 1. The number of nitrogens with one attached hydrogen (secondary N) is 2. The Hall–Kier alpha value is -3.26. The van der Waals surface area contributed by atoms with Crippen LogP contribution in [0.1, 0.15) is 18.9 Å². The van der Waals surface area contributed by atoms with Gasteiger partial charge >= 0.3 is 0 Å². The Morgan fingerprint density at radius 2 is 2.07 bits per heavy atom. The van der Waals surface area contributed by atoms with Crippen molar-refractivity contribution in [3.63, 3.8) is 0 Å². The number of aromatic nitrogens is 4. The Kier molecular flexibility index (Phi) is 4.79. The normalized spacial score (nSPS) is 14.7. The molecule has 1 amide bonds. The molecule has 1 atom stereocenters. The number of likely N-dealkylation sites (N-methyl/N-ethyl adjacent to an activating group) is 1. The predicted octanol–water partition coefficient (Wildman–Crippen LogP) is 3.26. The smallest absolute Gasteiger partial charge is 0.276 e. The number of nitrogens with zero attached hydrogens (tertiary/aromatic N) is 3. The van der Waals surface area contributed by atoms with Crippen LogP contribution in [0.4, 0.5) is 5.69 Å². The van der Waals surface area contributed by atoms with E-state index in [4.69, 9.17) is 12.2 Å². The third-order valence-corrected chi connectivity index (χ3v) is 5.32. The van der Waals surface area contributed by atoms with Gasteiger partial charge in [-0.2, -0.15) is 0 Å². The quantitative estimate of drug-likeness (QED) is 0.666. The first-order chi connectivity index (χ1) is 13.6. The van der Waals surface area contributed by atoms with Crippen molar-refractivity contribution < 1.29 is 4.79 Å². The van der Waals surface area contributed by atoms with Crippen LogP contribution >= 0.6 is 12.2 Å². The summed E-state index contributed by atoms with van der Waals surface area (Å²) in [6, 6.07) is 8.75. The molecule has 3 aromatic rings. The lowest BCUT2D eigenvalue weighted by molar-refractivity contribution is -0.120. The summed E-state index contributed by atoms with van der Waals surface area (Å²) < 4.78 is 1.90. The second kappa shape index (κ2) is 7.40. The molecule has 1 unspecified atom stereocenters. The standard InChI is InChI=1S/C20H19N5O2S/c1-24(14-10-6-3-7-11-14)19(27)16(13-8-4-2-5-9-13)25-12-21-17-15(20(25)28)18(26)23-22-17/h2-4,6-8,10-12,16H,5,9H2,1H3,(H2,22,23,26). The van der Waals surface area contributed by atoms with Crippen molar-refractivity contribution in [1.29, 1.82) is 0 Å². The van der Waals surface area contributed by atoms with Crippen molar-refractivity contribution in [2.75, 3.05) is 11.9 Å². The lowest BCUT2D eigenvalue weighted by atomic mass is 9.96. The Bertz CT molecular complexity index is 1200. The van der Waals surface area contributed by atoms with Crippen molar-refractivity contribution in [2.24, 2.45) is 0 Å². The highest BCUT2D eigenvalue weighted by atomic mass is 32.1. The molecule has 0 fully saturated rings. The minimum Gasteiger partial charge on any atom is -0.313 e. The third kappa shape index (κ3) is 3.11. The van der Waals surface area contributed by atoms with E-state index in [1.165, 1.54) is 6.33 Å². The van der Waals surface area contributed by atoms with E-state index >= 15 is 0 Å². The van der Waals surface area contributed by atoms with Crippen molar-refractivity contribution in [1.82, 2.24) is 19.7 Å². The van der Waals surface area contributed by atoms with Gasteiger partial charge in [0.1, 0.15) is 16.1 Å². The van der Waals surface area contributed by atoms with Crippen LogP contribution in [0.3, 0.4) is 0 Å². The van der Waals surface area contributed by atoms with Gasteiger partial charge < -0.3 is 9.47 Å². The Morgan fingerprint density at radius 3 is 2.79 bits per heavy atom. The number of benzene rings is 1. The molecule has 142 valence electrons. The fourth-order valence-electron chi connectivity index (χ4n) is 3.40. The SMILES string of the molecule is CN(C(=O)C(C1=CC=CCC1)n1cnc2[nH][nH]c(=O)c2c1=S)c1ccccc1. The molecule has 2 aromatic heterocycles. The van der Waals surface area contributed by atoms with Crippen molar-refractivity contribution in [3.05, 3.63) is 75.5 Å². The van der Waals surface area contributed by atoms with Crippen LogP contribution < -0.4 is 10.5 Å². The zero-order valence-corrected chi connectivity index (χ0v) is 16.1. The molecule has 8 heteroatoms. The molecule has 2 heterocycles. The number of fused-ring (bicyclic) bond motifs is 1. The van der Waals surface area contributed by atoms with E-state index in [0.29, 0.717) is 5.65 Å². The summed E-state index contributed by atoms with van der Waals surface area (Å²) in [4.78, 5) is 31.6. The highest BCUT2D eigenvalue weighted by Gasteiger charge is 2.29. The lowest BCUT2D eigenvalue weighted by Gasteiger charge is -2.28. The number of H-pyrrole nitrogens is 2. The Labute approximate surface area is 166 Å². The largest absolute Gasteiger partial charge is 0.313 e. The molecule has 0 aliphatic heterocycles. The second-order valence-corrected chi connectivity index (χ2v) is 6.99. The number of allylic oxidation sites excluding steroid dienone is 3. The number of amides is 1. The zero-order chi connectivity index (χ0) is 19.7. The van der Waals surface area contributed by atoms with E-state index in [1.807, 2.05) is 42.5 Å². The molecule has 1 aromatic carbocycles. The number of hydrogen-bond acceptors (Lipinski definition) is 4. The molecule has 7 nitrogen and oxygen atoms in total. The predicted molar refractivity (Wildman–Crippen MR) is 111 cm³/mol. The van der Waals surface area contributed by atoms with E-state index < -0.39 is 6.04 Å². The van der Waals surface area contributed by atoms with Gasteiger partial charge in [0.25, 0.3) is 11.5 Å². The molecule has 0 radical (unpaired) electrons. The average molecular weight is 393 g/mol. The minimum atomic E-state index is -0.672. The van der Waals surface area contributed by atoms with Crippen LogP contribution in [0.2, 0.25) is 0 Å². The maximum absolute atomic E-state index is 13.5. The molecule has 1 aliphatic carbocycles. The molecule has 2 N–H and O–H groups in total. The van der Waals surface area contributed by atoms with E-state index in [2.05, 4.69) is 21.3 Å². The molecule has 0 bridgehead atoms. The Balaban J connectivity index is 1.86. The van der Waals surface area contributed by atoms with E-state index in [1.54, 1.807) is 16.5 Å². The first-order valence-corrected chi connectivity index (χ1v) is 9.34. The zero-order valence-electron chi connectivity index (χ0n) is 15.3. The first-order valence-electron chi connectivity index (χ1n) is 8.93. The molecule has 0 spiro atoms. The number of hydrogen-bond donors (Lipinski definition) is 2. The van der Waals surface area contributed by atoms with Crippen LogP contribution in [-0.4, -0.2) is 32.7 Å². The van der Waals surface area contributed by atoms with Gasteiger partial charge in [0.15, 0.2) is 5.65 Å². The van der Waals surface area contributed by atoms with Crippen LogP contribution in [0.25, 0.3) is 11.0 Å². The van der Waals surface area contributed by atoms with Gasteiger partial charge in [0, 0.05) is 12.7 Å². The summed E-state index contributed by atoms with van der Waals surface area (Å²) in [5.74, 6) is -0.142. The number of carbonyl (C=O) groups excluding carboxylic acids is 1. The van der Waals surface area contributed by atoms with Crippen molar-refractivity contribution in [3.8, 4) is 0 Å². The fourth-order valence-corrected chi connectivity index (χ4v) is 3.74. The van der Waals surface area contributed by atoms with Crippen LogP contribution in [0.5, 0.6) is 0 Å². The summed E-state index contributed by atoms with van der Waals surface area (Å²) in [7, 11) is 1.74. The highest BCUT2D eigenvalue weighted by Crippen LogP contribution is 2.29. The maximum atomic E-state index is 13.5. The molecular formula is C20H19N5O2S. The van der Waals surface area contributed by atoms with Gasteiger partial charge in [-0.1, -0.05) is 48.6 Å². The topological polar surface area (TPSA) is 86.8 Å². The van der Waals surface area contributed by atoms with Gasteiger partial charge in [-0.25, -0.2) is 4.98 Å². The Morgan fingerprint density at radius 1 is 1.29 bits per heavy atom. The summed E-state index contributed by atoms with van der Waals surface area (Å²) in [5.41, 5.74) is 1.75. The van der Waals surface area contributed by atoms with E-state index in [9.17, 15) is 9.59 Å². The maximum Gasteiger partial charge on any atom is 0.276 e. The third-order valence-electron chi connectivity index (χ3n) is 4.90. The number of carbonyl (C=O) groups is 1. The number of rotatable bonds is 4. The van der Waals surface area contributed by atoms with Crippen LogP contribution in [-0.2, 0) is 4.79 Å². The molecule has 4 rings (SSSR count). The minimum absolute atomic E-state index is 0.142. The van der Waals surface area contributed by atoms with Crippen LogP contribution in [0, 0.1) is 4.64 Å². The van der Waals surface area contributed by atoms with Gasteiger partial charge in [-0.05, 0) is 30.5 Å². The highest BCUT2D eigenvalue weighted by molar-refractivity contribution is 7.71. The van der Waals surface area contributed by atoms with E-state index in [0.717, 1.165) is 24.1 Å². The number of aromatic amines is 2. The number of para-hydroxylation sites is 1. The van der Waals surface area contributed by atoms with Gasteiger partial charge in [-0.3, -0.25) is 19.8 Å². The lowest BCUT2D eigenvalue weighted by Crippen LogP contribution is -2.36. The summed E-state index contributed by atoms with van der Waals surface area (Å²) in [5, 5.41) is 5.48. The van der Waals surface area contributed by atoms with Gasteiger partial charge in [0.05, 0.1) is 6.33 Å². The van der Waals surface area contributed by atoms with E-state index in [-0.39, 0.29) is 21.5 Å². The molecule has 0 saturated carbocycles. The summed E-state index contributed by atoms with van der Waals surface area (Å²) in [6.45, 7) is 0.